The minimum atomic E-state index is 0.770. The second kappa shape index (κ2) is 8.17. The number of H-pyrrole nitrogens is 2. The largest absolute Gasteiger partial charge is 0.361 e. The van der Waals surface area contributed by atoms with Gasteiger partial charge in [-0.15, -0.1) is 0 Å². The fourth-order valence-electron chi connectivity index (χ4n) is 3.47. The van der Waals surface area contributed by atoms with Crippen LogP contribution in [0, 0.1) is 6.92 Å². The third kappa shape index (κ3) is 4.01. The molecule has 144 valence electrons. The first kappa shape index (κ1) is 18.1. The first-order valence-corrected chi connectivity index (χ1v) is 9.67. The number of rotatable bonds is 6. The number of hydrogen-bond donors (Lipinski definition) is 4. The number of fused-ring (bicyclic) bond motifs is 2. The molecule has 2 heterocycles. The normalized spacial score (nSPS) is 12.0. The lowest BCUT2D eigenvalue weighted by atomic mass is 10.1. The highest BCUT2D eigenvalue weighted by Crippen LogP contribution is 2.19. The summed E-state index contributed by atoms with van der Waals surface area (Å²) < 4.78 is 0. The van der Waals surface area contributed by atoms with Crippen molar-refractivity contribution in [2.45, 2.75) is 19.8 Å². The zero-order valence-electron chi connectivity index (χ0n) is 16.3. The Hall–Kier alpha value is -3.28. The van der Waals surface area contributed by atoms with E-state index in [2.05, 4.69) is 61.9 Å². The summed E-state index contributed by atoms with van der Waals surface area (Å²) in [6.45, 7) is 3.71. The van der Waals surface area contributed by atoms with Crippen molar-refractivity contribution in [3.8, 4) is 0 Å². The number of nitrogens with zero attached hydrogens (tertiary/aromatic N) is 2. The number of guanidine groups is 1. The molecule has 0 saturated heterocycles. The van der Waals surface area contributed by atoms with Gasteiger partial charge in [0.25, 0.3) is 0 Å². The Morgan fingerprint density at radius 2 is 1.86 bits per heavy atom. The van der Waals surface area contributed by atoms with Crippen LogP contribution < -0.4 is 10.6 Å². The molecule has 0 atom stereocenters. The summed E-state index contributed by atoms with van der Waals surface area (Å²) in [4.78, 5) is 15.6. The number of hydrogen-bond acceptors (Lipinski definition) is 2. The van der Waals surface area contributed by atoms with E-state index in [0.29, 0.717) is 0 Å². The van der Waals surface area contributed by atoms with Crippen molar-refractivity contribution in [3.63, 3.8) is 0 Å². The third-order valence-corrected chi connectivity index (χ3v) is 4.93. The van der Waals surface area contributed by atoms with Crippen LogP contribution in [0.3, 0.4) is 0 Å². The van der Waals surface area contributed by atoms with E-state index in [1.807, 2.05) is 24.3 Å². The van der Waals surface area contributed by atoms with E-state index in [-0.39, 0.29) is 0 Å². The van der Waals surface area contributed by atoms with Crippen molar-refractivity contribution in [2.24, 2.45) is 4.99 Å². The van der Waals surface area contributed by atoms with Gasteiger partial charge in [-0.3, -0.25) is 4.99 Å². The van der Waals surface area contributed by atoms with E-state index in [1.165, 1.54) is 22.0 Å². The van der Waals surface area contributed by atoms with Crippen LogP contribution in [0.1, 0.15) is 17.0 Å². The molecule has 0 amide bonds. The summed E-state index contributed by atoms with van der Waals surface area (Å²) in [6, 6.07) is 14.6. The second-order valence-corrected chi connectivity index (χ2v) is 6.99. The number of benzene rings is 2. The zero-order valence-corrected chi connectivity index (χ0v) is 16.3. The van der Waals surface area contributed by atoms with Crippen LogP contribution in [0.5, 0.6) is 0 Å². The molecule has 0 spiro atoms. The van der Waals surface area contributed by atoms with Crippen molar-refractivity contribution in [1.29, 1.82) is 0 Å². The van der Waals surface area contributed by atoms with Gasteiger partial charge < -0.3 is 20.6 Å². The van der Waals surface area contributed by atoms with Crippen LogP contribution in [-0.4, -0.2) is 41.0 Å². The molecule has 28 heavy (non-hydrogen) atoms. The molecule has 0 unspecified atom stereocenters. The average Bonchev–Trinajstić information content (AvgIpc) is 3.30. The first-order valence-electron chi connectivity index (χ1n) is 9.67. The molecule has 4 N–H and O–H groups in total. The smallest absolute Gasteiger partial charge is 0.191 e. The van der Waals surface area contributed by atoms with Crippen molar-refractivity contribution in [3.05, 3.63) is 65.6 Å². The molecule has 2 aromatic carbocycles. The SMILES string of the molecule is CN=C(NCCc1nc2ccccc2[nH]1)NCCc1c[nH]c2cc(C)ccc12. The Morgan fingerprint density at radius 3 is 2.68 bits per heavy atom. The second-order valence-electron chi connectivity index (χ2n) is 6.99. The third-order valence-electron chi connectivity index (χ3n) is 4.93. The maximum Gasteiger partial charge on any atom is 0.191 e. The molecular formula is C22H26N6. The lowest BCUT2D eigenvalue weighted by Gasteiger charge is -2.11. The van der Waals surface area contributed by atoms with E-state index in [1.54, 1.807) is 7.05 Å². The standard InChI is InChI=1S/C22H26N6/c1-15-7-8-17-16(14-26-20(17)13-15)9-11-24-22(23-2)25-12-10-21-27-18-5-3-4-6-19(18)28-21/h3-8,13-14,26H,9-12H2,1-2H3,(H,27,28)(H2,23,24,25). The van der Waals surface area contributed by atoms with Crippen LogP contribution in [0.15, 0.2) is 53.7 Å². The molecular weight excluding hydrogens is 348 g/mol. The van der Waals surface area contributed by atoms with E-state index < -0.39 is 0 Å². The highest BCUT2D eigenvalue weighted by molar-refractivity contribution is 5.84. The van der Waals surface area contributed by atoms with Gasteiger partial charge in [-0.1, -0.05) is 24.3 Å². The number of para-hydroxylation sites is 2. The van der Waals surface area contributed by atoms with Crippen molar-refractivity contribution >= 4 is 27.9 Å². The van der Waals surface area contributed by atoms with Gasteiger partial charge in [-0.2, -0.15) is 0 Å². The molecule has 6 heteroatoms. The Balaban J connectivity index is 1.26. The number of aromatic amines is 2. The number of nitrogens with one attached hydrogen (secondary N) is 4. The molecule has 0 saturated carbocycles. The average molecular weight is 374 g/mol. The molecule has 0 aliphatic heterocycles. The topological polar surface area (TPSA) is 80.9 Å². The van der Waals surface area contributed by atoms with Gasteiger partial charge in [0.05, 0.1) is 11.0 Å². The van der Waals surface area contributed by atoms with E-state index in [9.17, 15) is 0 Å². The number of aryl methyl sites for hydroxylation is 1. The summed E-state index contributed by atoms with van der Waals surface area (Å²) >= 11 is 0. The molecule has 0 bridgehead atoms. The summed E-state index contributed by atoms with van der Waals surface area (Å²) in [5, 5.41) is 8.04. The predicted octanol–water partition coefficient (Wildman–Crippen LogP) is 3.30. The molecule has 4 aromatic rings. The maximum atomic E-state index is 4.61. The van der Waals surface area contributed by atoms with E-state index >= 15 is 0 Å². The van der Waals surface area contributed by atoms with E-state index in [4.69, 9.17) is 0 Å². The van der Waals surface area contributed by atoms with Crippen LogP contribution in [-0.2, 0) is 12.8 Å². The monoisotopic (exact) mass is 374 g/mol. The van der Waals surface area contributed by atoms with Crippen LogP contribution in [0.2, 0.25) is 0 Å². The Labute approximate surface area is 164 Å². The molecule has 0 fully saturated rings. The molecule has 0 radical (unpaired) electrons. The Morgan fingerprint density at radius 1 is 1.04 bits per heavy atom. The minimum Gasteiger partial charge on any atom is -0.361 e. The molecule has 0 aliphatic rings. The van der Waals surface area contributed by atoms with Gasteiger partial charge >= 0.3 is 0 Å². The van der Waals surface area contributed by atoms with Gasteiger partial charge in [0, 0.05) is 43.7 Å². The van der Waals surface area contributed by atoms with Gasteiger partial charge in [0.1, 0.15) is 5.82 Å². The van der Waals surface area contributed by atoms with Crippen molar-refractivity contribution in [2.75, 3.05) is 20.1 Å². The predicted molar refractivity (Wildman–Crippen MR) is 116 cm³/mol. The summed E-state index contributed by atoms with van der Waals surface area (Å²) in [5.74, 6) is 1.80. The fourth-order valence-corrected chi connectivity index (χ4v) is 3.47. The quantitative estimate of drug-likeness (QED) is 0.309. The van der Waals surface area contributed by atoms with Crippen molar-refractivity contribution in [1.82, 2.24) is 25.6 Å². The Bertz CT molecular complexity index is 1070. The zero-order chi connectivity index (χ0) is 19.3. The summed E-state index contributed by atoms with van der Waals surface area (Å²) in [7, 11) is 1.80. The lowest BCUT2D eigenvalue weighted by Crippen LogP contribution is -2.39. The van der Waals surface area contributed by atoms with Gasteiger partial charge in [0.2, 0.25) is 0 Å². The minimum absolute atomic E-state index is 0.770. The van der Waals surface area contributed by atoms with Gasteiger partial charge in [0.15, 0.2) is 5.96 Å². The van der Waals surface area contributed by atoms with Crippen LogP contribution in [0.4, 0.5) is 0 Å². The first-order chi connectivity index (χ1) is 13.7. The molecule has 2 aromatic heterocycles. The maximum absolute atomic E-state index is 4.61. The fraction of sp³-hybridized carbons (Fsp3) is 0.273. The molecule has 6 nitrogen and oxygen atoms in total. The highest BCUT2D eigenvalue weighted by Gasteiger charge is 2.05. The Kier molecular flexibility index (Phi) is 5.28. The number of aromatic nitrogens is 3. The molecule has 0 aliphatic carbocycles. The summed E-state index contributed by atoms with van der Waals surface area (Å²) in [5.41, 5.74) is 5.87. The number of imidazole rings is 1. The van der Waals surface area contributed by atoms with Gasteiger partial charge in [-0.05, 0) is 42.7 Å². The lowest BCUT2D eigenvalue weighted by molar-refractivity contribution is 0.771. The van der Waals surface area contributed by atoms with Crippen LogP contribution >= 0.6 is 0 Å². The van der Waals surface area contributed by atoms with Crippen molar-refractivity contribution < 1.29 is 0 Å². The van der Waals surface area contributed by atoms with E-state index in [0.717, 1.165) is 48.7 Å². The van der Waals surface area contributed by atoms with Crippen LogP contribution in [0.25, 0.3) is 21.9 Å². The molecule has 4 rings (SSSR count). The summed E-state index contributed by atoms with van der Waals surface area (Å²) in [6.07, 6.45) is 3.86. The van der Waals surface area contributed by atoms with Gasteiger partial charge in [-0.25, -0.2) is 4.98 Å². The highest BCUT2D eigenvalue weighted by atomic mass is 15.2. The number of aliphatic imine (C=N–C) groups is 1.